The van der Waals surface area contributed by atoms with E-state index in [0.29, 0.717) is 11.4 Å². The van der Waals surface area contributed by atoms with Crippen LogP contribution in [0.25, 0.3) is 6.08 Å². The number of carbonyl (C=O) groups excluding carboxylic acids is 2. The Kier molecular flexibility index (Phi) is 10.3. The fourth-order valence-electron chi connectivity index (χ4n) is 4.71. The number of anilines is 3. The molecule has 5 N–H and O–H groups in total. The highest BCUT2D eigenvalue weighted by Gasteiger charge is 2.21. The van der Waals surface area contributed by atoms with E-state index in [1.54, 1.807) is 18.2 Å². The molecule has 2 amide bonds. The molecule has 39 heavy (non-hydrogen) atoms. The van der Waals surface area contributed by atoms with E-state index in [0.717, 1.165) is 49.4 Å². The van der Waals surface area contributed by atoms with Crippen molar-refractivity contribution in [2.45, 2.75) is 38.6 Å². The summed E-state index contributed by atoms with van der Waals surface area (Å²) in [5.41, 5.74) is 10.7. The van der Waals surface area contributed by atoms with Crippen LogP contribution in [0.15, 0.2) is 78.9 Å². The average molecular weight is 526 g/mol. The molecule has 0 aliphatic carbocycles. The number of nitrogens with zero attached hydrogens (tertiary/aromatic N) is 1. The van der Waals surface area contributed by atoms with Gasteiger partial charge in [-0.2, -0.15) is 0 Å². The van der Waals surface area contributed by atoms with Crippen molar-refractivity contribution in [3.63, 3.8) is 0 Å². The van der Waals surface area contributed by atoms with Gasteiger partial charge < -0.3 is 26.6 Å². The highest BCUT2D eigenvalue weighted by molar-refractivity contribution is 6.03. The minimum atomic E-state index is -0.497. The van der Waals surface area contributed by atoms with E-state index in [4.69, 9.17) is 5.73 Å². The maximum absolute atomic E-state index is 13.4. The monoisotopic (exact) mass is 525 g/mol. The van der Waals surface area contributed by atoms with Gasteiger partial charge in [0.05, 0.1) is 11.4 Å². The standard InChI is InChI=1S/C32H39N5O2/c1-2-24-12-17-27(18-13-24)35-32(39)31(34-20-23-37-21-6-3-7-22-37)26-15-10-25(11-16-26)14-19-30(38)36-29-9-5-4-8-28(29)33/h4-5,8-19,31,34H,2-3,6-7,20-23,33H2,1H3,(H,35,39)(H,36,38)/b19-14+. The van der Waals surface area contributed by atoms with Crippen molar-refractivity contribution < 1.29 is 9.59 Å². The third kappa shape index (κ3) is 8.53. The SMILES string of the molecule is CCc1ccc(NC(=O)C(NCCN2CCCCC2)c2ccc(/C=C/C(=O)Nc3ccccc3N)cc2)cc1. The van der Waals surface area contributed by atoms with Gasteiger partial charge in [0.1, 0.15) is 6.04 Å². The third-order valence-electron chi connectivity index (χ3n) is 7.03. The molecule has 0 saturated carbocycles. The predicted molar refractivity (Wildman–Crippen MR) is 160 cm³/mol. The molecule has 3 aromatic rings. The van der Waals surface area contributed by atoms with Crippen molar-refractivity contribution in [1.29, 1.82) is 0 Å². The Morgan fingerprint density at radius 2 is 1.64 bits per heavy atom. The first kappa shape index (κ1) is 28.1. The van der Waals surface area contributed by atoms with Crippen LogP contribution in [0.5, 0.6) is 0 Å². The maximum atomic E-state index is 13.4. The Bertz CT molecular complexity index is 1250. The molecule has 0 spiro atoms. The summed E-state index contributed by atoms with van der Waals surface area (Å²) in [6.45, 7) is 5.98. The Morgan fingerprint density at radius 3 is 2.33 bits per heavy atom. The van der Waals surface area contributed by atoms with Crippen molar-refractivity contribution in [2.24, 2.45) is 0 Å². The second-order valence-corrected chi connectivity index (χ2v) is 9.91. The van der Waals surface area contributed by atoms with E-state index in [2.05, 4.69) is 27.8 Å². The van der Waals surface area contributed by atoms with Gasteiger partial charge in [0.25, 0.3) is 0 Å². The van der Waals surface area contributed by atoms with Crippen LogP contribution in [0, 0.1) is 0 Å². The Balaban J connectivity index is 1.41. The van der Waals surface area contributed by atoms with Crippen LogP contribution in [-0.4, -0.2) is 42.9 Å². The molecule has 3 aromatic carbocycles. The van der Waals surface area contributed by atoms with Crippen LogP contribution in [0.2, 0.25) is 0 Å². The lowest BCUT2D eigenvalue weighted by molar-refractivity contribution is -0.118. The summed E-state index contributed by atoms with van der Waals surface area (Å²) >= 11 is 0. The van der Waals surface area contributed by atoms with E-state index < -0.39 is 6.04 Å². The smallest absolute Gasteiger partial charge is 0.248 e. The first-order chi connectivity index (χ1) is 19.0. The maximum Gasteiger partial charge on any atom is 0.248 e. The molecule has 1 atom stereocenters. The minimum Gasteiger partial charge on any atom is -0.397 e. The molecular weight excluding hydrogens is 486 g/mol. The lowest BCUT2D eigenvalue weighted by Crippen LogP contribution is -2.40. The number of nitrogens with two attached hydrogens (primary N) is 1. The molecule has 7 heteroatoms. The molecule has 0 radical (unpaired) electrons. The van der Waals surface area contributed by atoms with Crippen LogP contribution in [0.3, 0.4) is 0 Å². The number of benzene rings is 3. The zero-order valence-corrected chi connectivity index (χ0v) is 22.7. The summed E-state index contributed by atoms with van der Waals surface area (Å²) < 4.78 is 0. The number of carbonyl (C=O) groups is 2. The first-order valence-corrected chi connectivity index (χ1v) is 13.8. The number of piperidine rings is 1. The summed E-state index contributed by atoms with van der Waals surface area (Å²) in [4.78, 5) is 28.2. The van der Waals surface area contributed by atoms with Gasteiger partial charge in [-0.25, -0.2) is 0 Å². The zero-order chi connectivity index (χ0) is 27.5. The van der Waals surface area contributed by atoms with Crippen molar-refractivity contribution in [1.82, 2.24) is 10.2 Å². The van der Waals surface area contributed by atoms with Gasteiger partial charge >= 0.3 is 0 Å². The second-order valence-electron chi connectivity index (χ2n) is 9.91. The van der Waals surface area contributed by atoms with Crippen molar-refractivity contribution in [3.8, 4) is 0 Å². The lowest BCUT2D eigenvalue weighted by atomic mass is 10.0. The first-order valence-electron chi connectivity index (χ1n) is 13.8. The summed E-state index contributed by atoms with van der Waals surface area (Å²) in [6, 6.07) is 22.3. The minimum absolute atomic E-state index is 0.0963. The van der Waals surface area contributed by atoms with Gasteiger partial charge in [0.15, 0.2) is 0 Å². The van der Waals surface area contributed by atoms with E-state index >= 15 is 0 Å². The number of hydrogen-bond acceptors (Lipinski definition) is 5. The number of likely N-dealkylation sites (tertiary alicyclic amines) is 1. The van der Waals surface area contributed by atoms with Crippen LogP contribution in [0.1, 0.15) is 48.9 Å². The number of amides is 2. The molecule has 1 fully saturated rings. The van der Waals surface area contributed by atoms with E-state index in [9.17, 15) is 9.59 Å². The van der Waals surface area contributed by atoms with E-state index in [-0.39, 0.29) is 11.8 Å². The number of nitrogens with one attached hydrogen (secondary N) is 3. The summed E-state index contributed by atoms with van der Waals surface area (Å²) in [5.74, 6) is -0.358. The van der Waals surface area contributed by atoms with Crippen LogP contribution >= 0.6 is 0 Å². The van der Waals surface area contributed by atoms with Crippen molar-refractivity contribution in [2.75, 3.05) is 42.5 Å². The molecular formula is C32H39N5O2. The summed E-state index contributed by atoms with van der Waals surface area (Å²) in [5, 5.41) is 9.34. The number of nitrogen functional groups attached to an aromatic ring is 1. The second kappa shape index (κ2) is 14.3. The van der Waals surface area contributed by atoms with Gasteiger partial charge in [-0.15, -0.1) is 0 Å². The molecule has 1 aliphatic rings. The van der Waals surface area contributed by atoms with Crippen LogP contribution in [0.4, 0.5) is 17.1 Å². The largest absolute Gasteiger partial charge is 0.397 e. The Hall–Kier alpha value is -3.94. The number of rotatable bonds is 11. The lowest BCUT2D eigenvalue weighted by Gasteiger charge is -2.27. The summed E-state index contributed by atoms with van der Waals surface area (Å²) in [6.07, 6.45) is 7.95. The molecule has 0 aromatic heterocycles. The fourth-order valence-corrected chi connectivity index (χ4v) is 4.71. The molecule has 7 nitrogen and oxygen atoms in total. The van der Waals surface area contributed by atoms with E-state index in [1.807, 2.05) is 60.7 Å². The van der Waals surface area contributed by atoms with Crippen LogP contribution < -0.4 is 21.7 Å². The van der Waals surface area contributed by atoms with Crippen molar-refractivity contribution >= 4 is 35.0 Å². The average Bonchev–Trinajstić information content (AvgIpc) is 2.97. The van der Waals surface area contributed by atoms with Gasteiger partial charge in [0.2, 0.25) is 11.8 Å². The number of aryl methyl sites for hydroxylation is 1. The number of hydrogen-bond donors (Lipinski definition) is 4. The fraction of sp³-hybridized carbons (Fsp3) is 0.312. The van der Waals surface area contributed by atoms with Crippen LogP contribution in [-0.2, 0) is 16.0 Å². The van der Waals surface area contributed by atoms with Gasteiger partial charge in [-0.1, -0.05) is 61.9 Å². The van der Waals surface area contributed by atoms with E-state index in [1.165, 1.54) is 30.9 Å². The molecule has 1 heterocycles. The highest BCUT2D eigenvalue weighted by atomic mass is 16.2. The molecule has 1 saturated heterocycles. The zero-order valence-electron chi connectivity index (χ0n) is 22.7. The molecule has 204 valence electrons. The topological polar surface area (TPSA) is 99.5 Å². The normalized spacial score (nSPS) is 14.7. The number of para-hydroxylation sites is 2. The molecule has 4 rings (SSSR count). The molecule has 1 aliphatic heterocycles. The van der Waals surface area contributed by atoms with Crippen molar-refractivity contribution in [3.05, 3.63) is 95.6 Å². The predicted octanol–water partition coefficient (Wildman–Crippen LogP) is 5.24. The van der Waals surface area contributed by atoms with Gasteiger partial charge in [-0.3, -0.25) is 9.59 Å². The van der Waals surface area contributed by atoms with Gasteiger partial charge in [0, 0.05) is 24.9 Å². The Morgan fingerprint density at radius 1 is 0.923 bits per heavy atom. The quantitative estimate of drug-likeness (QED) is 0.203. The molecule has 0 bridgehead atoms. The highest BCUT2D eigenvalue weighted by Crippen LogP contribution is 2.20. The van der Waals surface area contributed by atoms with Gasteiger partial charge in [-0.05, 0) is 79.4 Å². The molecule has 1 unspecified atom stereocenters. The third-order valence-corrected chi connectivity index (χ3v) is 7.03. The Labute approximate surface area is 231 Å². The summed E-state index contributed by atoms with van der Waals surface area (Å²) in [7, 11) is 0.